The van der Waals surface area contributed by atoms with Gasteiger partial charge in [0.2, 0.25) is 0 Å². The third kappa shape index (κ3) is 1.94. The number of aromatic hydroxyl groups is 1. The molecule has 100 valence electrons. The molecule has 0 unspecified atom stereocenters. The minimum atomic E-state index is 0.119. The Morgan fingerprint density at radius 1 is 1.15 bits per heavy atom. The summed E-state index contributed by atoms with van der Waals surface area (Å²) in [5.74, 6) is 0.459. The van der Waals surface area contributed by atoms with Crippen LogP contribution in [0.2, 0.25) is 5.02 Å². The molecule has 1 aromatic heterocycles. The Balaban J connectivity index is 2.42. The molecule has 3 rings (SSSR count). The first-order valence-corrected chi connectivity index (χ1v) is 6.44. The van der Waals surface area contributed by atoms with E-state index in [1.165, 1.54) is 6.33 Å². The van der Waals surface area contributed by atoms with Gasteiger partial charge in [-0.3, -0.25) is 0 Å². The van der Waals surface area contributed by atoms with Crippen LogP contribution in [0.3, 0.4) is 0 Å². The van der Waals surface area contributed by atoms with Crippen molar-refractivity contribution in [3.05, 3.63) is 47.2 Å². The van der Waals surface area contributed by atoms with Crippen LogP contribution in [0.5, 0.6) is 5.75 Å². The predicted molar refractivity (Wildman–Crippen MR) is 80.8 cm³/mol. The van der Waals surface area contributed by atoms with E-state index in [9.17, 15) is 5.11 Å². The monoisotopic (exact) mass is 285 g/mol. The summed E-state index contributed by atoms with van der Waals surface area (Å²) in [6.07, 6.45) is 1.41. The Morgan fingerprint density at radius 3 is 2.75 bits per heavy atom. The Kier molecular flexibility index (Phi) is 2.95. The van der Waals surface area contributed by atoms with Gasteiger partial charge in [-0.1, -0.05) is 23.7 Å². The number of benzene rings is 2. The number of nitrogens with zero attached hydrogens (tertiary/aromatic N) is 2. The molecule has 0 aliphatic rings. The summed E-state index contributed by atoms with van der Waals surface area (Å²) in [5.41, 5.74) is 9.18. The van der Waals surface area contributed by atoms with Crippen LogP contribution in [0.1, 0.15) is 5.56 Å². The van der Waals surface area contributed by atoms with Crippen molar-refractivity contribution in [2.45, 2.75) is 6.92 Å². The molecule has 0 amide bonds. The molecule has 0 bridgehead atoms. The van der Waals surface area contributed by atoms with E-state index in [1.54, 1.807) is 12.1 Å². The highest BCUT2D eigenvalue weighted by atomic mass is 35.5. The lowest BCUT2D eigenvalue weighted by Crippen LogP contribution is -1.95. The standard InChI is InChI=1S/C15H12ClN3O/c1-8-10(3-2-4-13(8)16)11-5-9(20)6-12-14(11)18-7-19-15(12)17/h2-7,20H,1H3,(H2,17,18,19). The Morgan fingerprint density at radius 2 is 1.95 bits per heavy atom. The number of anilines is 1. The normalized spacial score (nSPS) is 10.9. The smallest absolute Gasteiger partial charge is 0.134 e. The lowest BCUT2D eigenvalue weighted by molar-refractivity contribution is 0.476. The highest BCUT2D eigenvalue weighted by Gasteiger charge is 2.13. The minimum absolute atomic E-state index is 0.119. The van der Waals surface area contributed by atoms with Gasteiger partial charge in [0, 0.05) is 16.0 Å². The molecule has 0 aliphatic heterocycles. The van der Waals surface area contributed by atoms with E-state index in [1.807, 2.05) is 25.1 Å². The average Bonchev–Trinajstić information content (AvgIpc) is 2.42. The summed E-state index contributed by atoms with van der Waals surface area (Å²) in [4.78, 5) is 8.24. The summed E-state index contributed by atoms with van der Waals surface area (Å²) >= 11 is 6.17. The molecule has 3 N–H and O–H groups in total. The molecule has 0 atom stereocenters. The summed E-state index contributed by atoms with van der Waals surface area (Å²) < 4.78 is 0. The van der Waals surface area contributed by atoms with Gasteiger partial charge in [-0.25, -0.2) is 9.97 Å². The molecule has 0 fully saturated rings. The topological polar surface area (TPSA) is 72.0 Å². The van der Waals surface area contributed by atoms with Gasteiger partial charge in [0.05, 0.1) is 5.52 Å². The summed E-state index contributed by atoms with van der Waals surface area (Å²) in [7, 11) is 0. The molecule has 20 heavy (non-hydrogen) atoms. The van der Waals surface area contributed by atoms with Gasteiger partial charge in [-0.05, 0) is 36.2 Å². The van der Waals surface area contributed by atoms with Crippen molar-refractivity contribution in [1.82, 2.24) is 9.97 Å². The van der Waals surface area contributed by atoms with E-state index >= 15 is 0 Å². The zero-order valence-electron chi connectivity index (χ0n) is 10.8. The highest BCUT2D eigenvalue weighted by molar-refractivity contribution is 6.31. The zero-order chi connectivity index (χ0) is 14.3. The van der Waals surface area contributed by atoms with E-state index in [-0.39, 0.29) is 5.75 Å². The third-order valence-electron chi connectivity index (χ3n) is 3.31. The van der Waals surface area contributed by atoms with Crippen molar-refractivity contribution in [3.63, 3.8) is 0 Å². The maximum atomic E-state index is 9.91. The number of rotatable bonds is 1. The molecular weight excluding hydrogens is 274 g/mol. The van der Waals surface area contributed by atoms with E-state index in [2.05, 4.69) is 9.97 Å². The van der Waals surface area contributed by atoms with Gasteiger partial charge in [-0.15, -0.1) is 0 Å². The first kappa shape index (κ1) is 12.7. The molecule has 0 spiro atoms. The number of nitrogen functional groups attached to an aromatic ring is 1. The number of phenolic OH excluding ortho intramolecular Hbond substituents is 1. The summed E-state index contributed by atoms with van der Waals surface area (Å²) in [6.45, 7) is 1.93. The molecule has 5 heteroatoms. The van der Waals surface area contributed by atoms with Crippen LogP contribution < -0.4 is 5.73 Å². The Bertz CT molecular complexity index is 818. The molecule has 0 radical (unpaired) electrons. The van der Waals surface area contributed by atoms with Gasteiger partial charge < -0.3 is 10.8 Å². The zero-order valence-corrected chi connectivity index (χ0v) is 11.5. The maximum Gasteiger partial charge on any atom is 0.134 e. The molecular formula is C15H12ClN3O. The number of hydrogen-bond donors (Lipinski definition) is 2. The van der Waals surface area contributed by atoms with Crippen molar-refractivity contribution < 1.29 is 5.11 Å². The summed E-state index contributed by atoms with van der Waals surface area (Å²) in [6, 6.07) is 8.86. The number of phenols is 1. The average molecular weight is 286 g/mol. The molecule has 4 nitrogen and oxygen atoms in total. The fourth-order valence-corrected chi connectivity index (χ4v) is 2.45. The largest absolute Gasteiger partial charge is 0.508 e. The molecule has 0 saturated heterocycles. The van der Waals surface area contributed by atoms with Gasteiger partial charge >= 0.3 is 0 Å². The predicted octanol–water partition coefficient (Wildman–Crippen LogP) is 3.55. The van der Waals surface area contributed by atoms with Crippen LogP contribution in [0.15, 0.2) is 36.7 Å². The second-order valence-corrected chi connectivity index (χ2v) is 4.97. The van der Waals surface area contributed by atoms with Crippen LogP contribution in [-0.4, -0.2) is 15.1 Å². The van der Waals surface area contributed by atoms with E-state index in [4.69, 9.17) is 17.3 Å². The van der Waals surface area contributed by atoms with Crippen LogP contribution in [0.4, 0.5) is 5.82 Å². The van der Waals surface area contributed by atoms with Gasteiger partial charge in [0.25, 0.3) is 0 Å². The lowest BCUT2D eigenvalue weighted by atomic mass is 9.98. The molecule has 3 aromatic rings. The van der Waals surface area contributed by atoms with Gasteiger partial charge in [-0.2, -0.15) is 0 Å². The number of nitrogens with two attached hydrogens (primary N) is 1. The second-order valence-electron chi connectivity index (χ2n) is 4.56. The third-order valence-corrected chi connectivity index (χ3v) is 3.72. The Labute approximate surface area is 120 Å². The van der Waals surface area contributed by atoms with E-state index < -0.39 is 0 Å². The quantitative estimate of drug-likeness (QED) is 0.717. The minimum Gasteiger partial charge on any atom is -0.508 e. The number of hydrogen-bond acceptors (Lipinski definition) is 4. The first-order chi connectivity index (χ1) is 9.58. The SMILES string of the molecule is Cc1c(Cl)cccc1-c1cc(O)cc2c(N)ncnc12. The van der Waals surface area contributed by atoms with E-state index in [0.717, 1.165) is 16.7 Å². The Hall–Kier alpha value is -2.33. The van der Waals surface area contributed by atoms with Crippen molar-refractivity contribution in [2.75, 3.05) is 5.73 Å². The number of fused-ring (bicyclic) bond motifs is 1. The van der Waals surface area contributed by atoms with Crippen LogP contribution in [-0.2, 0) is 0 Å². The molecule has 0 aliphatic carbocycles. The molecule has 1 heterocycles. The fraction of sp³-hybridized carbons (Fsp3) is 0.0667. The molecule has 0 saturated carbocycles. The van der Waals surface area contributed by atoms with Crippen LogP contribution in [0.25, 0.3) is 22.0 Å². The first-order valence-electron chi connectivity index (χ1n) is 6.06. The van der Waals surface area contributed by atoms with Crippen LogP contribution in [0, 0.1) is 6.92 Å². The second kappa shape index (κ2) is 4.65. The fourth-order valence-electron chi connectivity index (χ4n) is 2.28. The number of halogens is 1. The van der Waals surface area contributed by atoms with Gasteiger partial charge in [0.1, 0.15) is 17.9 Å². The number of aromatic nitrogens is 2. The van der Waals surface area contributed by atoms with Crippen molar-refractivity contribution in [1.29, 1.82) is 0 Å². The van der Waals surface area contributed by atoms with Crippen molar-refractivity contribution in [3.8, 4) is 16.9 Å². The maximum absolute atomic E-state index is 9.91. The molecule has 2 aromatic carbocycles. The van der Waals surface area contributed by atoms with Crippen LogP contribution >= 0.6 is 11.6 Å². The summed E-state index contributed by atoms with van der Waals surface area (Å²) in [5, 5.41) is 11.2. The van der Waals surface area contributed by atoms with Crippen molar-refractivity contribution >= 4 is 28.3 Å². The lowest BCUT2D eigenvalue weighted by Gasteiger charge is -2.11. The van der Waals surface area contributed by atoms with E-state index in [0.29, 0.717) is 21.7 Å². The van der Waals surface area contributed by atoms with Crippen molar-refractivity contribution in [2.24, 2.45) is 0 Å². The highest BCUT2D eigenvalue weighted by Crippen LogP contribution is 2.36. The van der Waals surface area contributed by atoms with Gasteiger partial charge in [0.15, 0.2) is 0 Å².